The van der Waals surface area contributed by atoms with Gasteiger partial charge < -0.3 is 4.74 Å². The number of carbonyl (C=O) groups is 1. The van der Waals surface area contributed by atoms with Crippen LogP contribution < -0.4 is 0 Å². The van der Waals surface area contributed by atoms with Gasteiger partial charge in [-0.3, -0.25) is 0 Å². The summed E-state index contributed by atoms with van der Waals surface area (Å²) in [6, 6.07) is 8.15. The van der Waals surface area contributed by atoms with E-state index in [2.05, 4.69) is 0 Å². The zero-order valence-corrected chi connectivity index (χ0v) is 11.6. The van der Waals surface area contributed by atoms with Crippen LogP contribution in [0.2, 0.25) is 0 Å². The molecule has 0 amide bonds. The first-order valence-corrected chi connectivity index (χ1v) is 6.47. The van der Waals surface area contributed by atoms with E-state index in [0.717, 1.165) is 18.2 Å². The van der Waals surface area contributed by atoms with Crippen LogP contribution in [0.25, 0.3) is 11.1 Å². The average molecular weight is 312 g/mol. The van der Waals surface area contributed by atoms with Gasteiger partial charge in [0.05, 0.1) is 17.7 Å². The maximum atomic E-state index is 13.9. The van der Waals surface area contributed by atoms with Crippen molar-refractivity contribution in [2.75, 3.05) is 6.61 Å². The van der Waals surface area contributed by atoms with E-state index in [1.807, 2.05) is 0 Å². The van der Waals surface area contributed by atoms with Crippen molar-refractivity contribution in [3.8, 4) is 11.1 Å². The lowest BCUT2D eigenvalue weighted by Crippen LogP contribution is -2.07. The maximum absolute atomic E-state index is 13.9. The van der Waals surface area contributed by atoms with Crippen molar-refractivity contribution in [1.29, 1.82) is 0 Å². The number of benzene rings is 2. The normalized spacial score (nSPS) is 11.3. The summed E-state index contributed by atoms with van der Waals surface area (Å²) in [6.07, 6.45) is -4.42. The molecule has 0 saturated carbocycles. The van der Waals surface area contributed by atoms with E-state index in [9.17, 15) is 22.4 Å². The molecular formula is C16H12F4O2. The molecule has 116 valence electrons. The fourth-order valence-corrected chi connectivity index (χ4v) is 1.92. The molecule has 0 aliphatic rings. The van der Waals surface area contributed by atoms with Gasteiger partial charge in [0.25, 0.3) is 0 Å². The highest BCUT2D eigenvalue weighted by Crippen LogP contribution is 2.31. The van der Waals surface area contributed by atoms with Gasteiger partial charge in [-0.1, -0.05) is 18.2 Å². The summed E-state index contributed by atoms with van der Waals surface area (Å²) in [5.74, 6) is -1.56. The summed E-state index contributed by atoms with van der Waals surface area (Å²) in [5.41, 5.74) is -0.195. The zero-order valence-electron chi connectivity index (χ0n) is 11.6. The summed E-state index contributed by atoms with van der Waals surface area (Å²) in [6.45, 7) is 1.73. The lowest BCUT2D eigenvalue weighted by molar-refractivity contribution is -0.137. The Balaban J connectivity index is 2.30. The van der Waals surface area contributed by atoms with Gasteiger partial charge in [-0.05, 0) is 42.3 Å². The van der Waals surface area contributed by atoms with Crippen molar-refractivity contribution in [3.05, 3.63) is 59.4 Å². The highest BCUT2D eigenvalue weighted by Gasteiger charge is 2.30. The summed E-state index contributed by atoms with van der Waals surface area (Å²) < 4.78 is 56.1. The van der Waals surface area contributed by atoms with E-state index >= 15 is 0 Å². The molecule has 0 spiro atoms. The Labute approximate surface area is 124 Å². The molecular weight excluding hydrogens is 300 g/mol. The minimum atomic E-state index is -4.42. The number of hydrogen-bond acceptors (Lipinski definition) is 2. The topological polar surface area (TPSA) is 26.3 Å². The molecule has 0 bridgehead atoms. The van der Waals surface area contributed by atoms with Crippen molar-refractivity contribution in [2.24, 2.45) is 0 Å². The van der Waals surface area contributed by atoms with Crippen LogP contribution in [0.4, 0.5) is 17.6 Å². The number of carbonyl (C=O) groups excluding carboxylic acids is 1. The fraction of sp³-hybridized carbons (Fsp3) is 0.188. The van der Waals surface area contributed by atoms with E-state index in [0.29, 0.717) is 11.1 Å². The number of halogens is 4. The van der Waals surface area contributed by atoms with E-state index < -0.39 is 23.5 Å². The monoisotopic (exact) mass is 312 g/mol. The van der Waals surface area contributed by atoms with Gasteiger partial charge in [0.15, 0.2) is 0 Å². The molecule has 0 atom stereocenters. The molecule has 0 aliphatic carbocycles. The summed E-state index contributed by atoms with van der Waals surface area (Å²) in [7, 11) is 0. The van der Waals surface area contributed by atoms with Crippen LogP contribution in [0.1, 0.15) is 22.8 Å². The average Bonchev–Trinajstić information content (AvgIpc) is 2.46. The Bertz CT molecular complexity index is 676. The highest BCUT2D eigenvalue weighted by molar-refractivity contribution is 5.90. The van der Waals surface area contributed by atoms with Crippen molar-refractivity contribution < 1.29 is 27.1 Å². The highest BCUT2D eigenvalue weighted by atomic mass is 19.4. The van der Waals surface area contributed by atoms with Crippen molar-refractivity contribution in [2.45, 2.75) is 13.1 Å². The molecule has 0 saturated heterocycles. The predicted molar refractivity (Wildman–Crippen MR) is 72.8 cm³/mol. The second kappa shape index (κ2) is 6.17. The molecule has 0 fully saturated rings. The number of hydrogen-bond donors (Lipinski definition) is 0. The SMILES string of the molecule is CCOC(=O)c1ccc(-c2ccc(C(F)(F)F)cc2)cc1F. The number of esters is 1. The molecule has 0 N–H and O–H groups in total. The van der Waals surface area contributed by atoms with Crippen LogP contribution in [0.15, 0.2) is 42.5 Å². The molecule has 6 heteroatoms. The van der Waals surface area contributed by atoms with Gasteiger partial charge in [0, 0.05) is 0 Å². The standard InChI is InChI=1S/C16H12F4O2/c1-2-22-15(21)13-8-5-11(9-14(13)17)10-3-6-12(7-4-10)16(18,19)20/h3-9H,2H2,1H3. The van der Waals surface area contributed by atoms with Crippen molar-refractivity contribution >= 4 is 5.97 Å². The Kier molecular flexibility index (Phi) is 4.49. The first kappa shape index (κ1) is 16.0. The van der Waals surface area contributed by atoms with Crippen molar-refractivity contribution in [1.82, 2.24) is 0 Å². The molecule has 0 heterocycles. The molecule has 2 aromatic rings. The minimum absolute atomic E-state index is 0.124. The lowest BCUT2D eigenvalue weighted by atomic mass is 10.0. The quantitative estimate of drug-likeness (QED) is 0.607. The molecule has 0 radical (unpaired) electrons. The Morgan fingerprint density at radius 3 is 2.14 bits per heavy atom. The first-order valence-electron chi connectivity index (χ1n) is 6.47. The molecule has 2 aromatic carbocycles. The van der Waals surface area contributed by atoms with Crippen LogP contribution >= 0.6 is 0 Å². The summed E-state index contributed by atoms with van der Waals surface area (Å²) >= 11 is 0. The second-order valence-corrected chi connectivity index (χ2v) is 4.49. The second-order valence-electron chi connectivity index (χ2n) is 4.49. The molecule has 2 rings (SSSR count). The van der Waals surface area contributed by atoms with Crippen LogP contribution in [-0.2, 0) is 10.9 Å². The molecule has 0 aliphatic heterocycles. The van der Waals surface area contributed by atoms with Crippen LogP contribution in [0, 0.1) is 5.82 Å². The van der Waals surface area contributed by atoms with E-state index in [1.54, 1.807) is 6.92 Å². The van der Waals surface area contributed by atoms with Gasteiger partial charge in [-0.15, -0.1) is 0 Å². The Morgan fingerprint density at radius 1 is 1.05 bits per heavy atom. The van der Waals surface area contributed by atoms with E-state index in [-0.39, 0.29) is 12.2 Å². The third kappa shape index (κ3) is 3.44. The lowest BCUT2D eigenvalue weighted by Gasteiger charge is -2.09. The molecule has 22 heavy (non-hydrogen) atoms. The van der Waals surface area contributed by atoms with Gasteiger partial charge >= 0.3 is 12.1 Å². The molecule has 0 unspecified atom stereocenters. The number of ether oxygens (including phenoxy) is 1. The third-order valence-electron chi connectivity index (χ3n) is 3.01. The fourth-order valence-electron chi connectivity index (χ4n) is 1.92. The van der Waals surface area contributed by atoms with Crippen LogP contribution in [-0.4, -0.2) is 12.6 Å². The van der Waals surface area contributed by atoms with Crippen LogP contribution in [0.3, 0.4) is 0 Å². The summed E-state index contributed by atoms with van der Waals surface area (Å²) in [4.78, 5) is 11.5. The van der Waals surface area contributed by atoms with Gasteiger partial charge in [-0.25, -0.2) is 9.18 Å². The Hall–Kier alpha value is -2.37. The summed E-state index contributed by atoms with van der Waals surface area (Å²) in [5, 5.41) is 0. The van der Waals surface area contributed by atoms with Crippen molar-refractivity contribution in [3.63, 3.8) is 0 Å². The number of alkyl halides is 3. The van der Waals surface area contributed by atoms with E-state index in [4.69, 9.17) is 4.74 Å². The van der Waals surface area contributed by atoms with Gasteiger partial charge in [0.2, 0.25) is 0 Å². The third-order valence-corrected chi connectivity index (χ3v) is 3.01. The van der Waals surface area contributed by atoms with Gasteiger partial charge in [0.1, 0.15) is 5.82 Å². The predicted octanol–water partition coefficient (Wildman–Crippen LogP) is 4.69. The smallest absolute Gasteiger partial charge is 0.416 e. The van der Waals surface area contributed by atoms with E-state index in [1.165, 1.54) is 24.3 Å². The maximum Gasteiger partial charge on any atom is 0.416 e. The number of rotatable bonds is 3. The van der Waals surface area contributed by atoms with Crippen LogP contribution in [0.5, 0.6) is 0 Å². The molecule has 2 nitrogen and oxygen atoms in total. The minimum Gasteiger partial charge on any atom is -0.462 e. The first-order chi connectivity index (χ1) is 10.3. The zero-order chi connectivity index (χ0) is 16.3. The molecule has 0 aromatic heterocycles. The Morgan fingerprint density at radius 2 is 1.64 bits per heavy atom. The largest absolute Gasteiger partial charge is 0.462 e. The van der Waals surface area contributed by atoms with Gasteiger partial charge in [-0.2, -0.15) is 13.2 Å².